The minimum absolute atomic E-state index is 0.0581. The van der Waals surface area contributed by atoms with E-state index < -0.39 is 0 Å². The summed E-state index contributed by atoms with van der Waals surface area (Å²) in [4.78, 5) is 27.7. The minimum Gasteiger partial charge on any atom is -0.465 e. The van der Waals surface area contributed by atoms with Crippen molar-refractivity contribution >= 4 is 22.7 Å². The molecular formula is C26H28FN3O3. The number of hydrogen-bond donors (Lipinski definition) is 1. The van der Waals surface area contributed by atoms with Gasteiger partial charge in [-0.05, 0) is 48.7 Å². The molecule has 0 radical (unpaired) electrons. The summed E-state index contributed by atoms with van der Waals surface area (Å²) in [5.41, 5.74) is 4.03. The number of carbonyl (C=O) groups is 2. The molecule has 172 valence electrons. The Morgan fingerprint density at radius 2 is 1.91 bits per heavy atom. The Bertz CT molecular complexity index is 1200. The Balaban J connectivity index is 1.48. The molecule has 1 unspecified atom stereocenters. The molecule has 2 heterocycles. The molecule has 6 nitrogen and oxygen atoms in total. The summed E-state index contributed by atoms with van der Waals surface area (Å²) in [7, 11) is 1.36. The van der Waals surface area contributed by atoms with E-state index in [1.165, 1.54) is 19.2 Å². The first kappa shape index (κ1) is 21.8. The van der Waals surface area contributed by atoms with Crippen LogP contribution in [-0.2, 0) is 17.7 Å². The van der Waals surface area contributed by atoms with Crippen LogP contribution in [0.4, 0.5) is 4.39 Å². The van der Waals surface area contributed by atoms with Crippen molar-refractivity contribution in [2.45, 2.75) is 19.4 Å². The molecule has 1 saturated heterocycles. The van der Waals surface area contributed by atoms with E-state index in [2.05, 4.69) is 14.8 Å². The number of carbonyl (C=O) groups excluding carboxylic acids is 2. The first-order valence-corrected chi connectivity index (χ1v) is 11.5. The molecule has 3 aromatic rings. The van der Waals surface area contributed by atoms with Crippen LogP contribution < -0.4 is 5.32 Å². The van der Waals surface area contributed by atoms with Crippen molar-refractivity contribution in [3.05, 3.63) is 70.7 Å². The second-order valence-electron chi connectivity index (χ2n) is 8.91. The van der Waals surface area contributed by atoms with Gasteiger partial charge in [0.25, 0.3) is 0 Å². The van der Waals surface area contributed by atoms with Crippen LogP contribution in [-0.4, -0.2) is 61.1 Å². The lowest BCUT2D eigenvalue weighted by Gasteiger charge is -2.32. The molecule has 0 saturated carbocycles. The first-order valence-electron chi connectivity index (χ1n) is 11.5. The number of rotatable bonds is 5. The standard InChI is InChI=1S/C26H28FN3O3/c1-33-26(32)18-4-2-17(3-5-18)15-30-22-9-7-20(27)14-21(22)24-23(30)8-6-19(25(24)31)16-29-12-10-28-11-13-29/h2-5,7,9,14,19,28H,6,8,10-13,15-16H2,1H3. The number of nitrogens with zero attached hydrogens (tertiary/aromatic N) is 2. The summed E-state index contributed by atoms with van der Waals surface area (Å²) in [6.45, 7) is 5.12. The number of esters is 1. The number of methoxy groups -OCH3 is 1. The largest absolute Gasteiger partial charge is 0.465 e. The summed E-state index contributed by atoms with van der Waals surface area (Å²) in [6, 6.07) is 12.0. The maximum atomic E-state index is 14.2. The number of nitrogens with one attached hydrogen (secondary N) is 1. The fourth-order valence-electron chi connectivity index (χ4n) is 5.17. The number of benzene rings is 2. The van der Waals surface area contributed by atoms with E-state index in [4.69, 9.17) is 4.74 Å². The van der Waals surface area contributed by atoms with Gasteiger partial charge in [-0.15, -0.1) is 0 Å². The van der Waals surface area contributed by atoms with Gasteiger partial charge in [0, 0.05) is 67.3 Å². The van der Waals surface area contributed by atoms with Crippen molar-refractivity contribution in [3.63, 3.8) is 0 Å². The minimum atomic E-state index is -0.373. The first-order chi connectivity index (χ1) is 16.0. The Hall–Kier alpha value is -3.03. The lowest BCUT2D eigenvalue weighted by Crippen LogP contribution is -2.46. The summed E-state index contributed by atoms with van der Waals surface area (Å²) in [6.07, 6.45) is 1.59. The van der Waals surface area contributed by atoms with Crippen LogP contribution in [0.15, 0.2) is 42.5 Å². The molecule has 1 aromatic heterocycles. The van der Waals surface area contributed by atoms with E-state index in [0.29, 0.717) is 23.1 Å². The smallest absolute Gasteiger partial charge is 0.337 e. The number of hydrogen-bond acceptors (Lipinski definition) is 5. The Labute approximate surface area is 192 Å². The van der Waals surface area contributed by atoms with Crippen LogP contribution in [0.1, 0.15) is 38.4 Å². The van der Waals surface area contributed by atoms with Crippen molar-refractivity contribution in [2.75, 3.05) is 39.8 Å². The molecule has 33 heavy (non-hydrogen) atoms. The number of aromatic nitrogens is 1. The third kappa shape index (κ3) is 4.18. The van der Waals surface area contributed by atoms with Gasteiger partial charge in [-0.1, -0.05) is 12.1 Å². The molecule has 7 heteroatoms. The second kappa shape index (κ2) is 9.08. The molecule has 0 amide bonds. The summed E-state index contributed by atoms with van der Waals surface area (Å²) >= 11 is 0. The highest BCUT2D eigenvalue weighted by Crippen LogP contribution is 2.35. The second-order valence-corrected chi connectivity index (χ2v) is 8.91. The quantitative estimate of drug-likeness (QED) is 0.606. The van der Waals surface area contributed by atoms with Crippen molar-refractivity contribution in [1.29, 1.82) is 0 Å². The number of fused-ring (bicyclic) bond motifs is 3. The fourth-order valence-corrected chi connectivity index (χ4v) is 5.17. The van der Waals surface area contributed by atoms with Gasteiger partial charge < -0.3 is 19.5 Å². The number of ether oxygens (including phenoxy) is 1. The van der Waals surface area contributed by atoms with E-state index in [1.54, 1.807) is 18.2 Å². The normalized spacial score (nSPS) is 19.0. The average molecular weight is 450 g/mol. The van der Waals surface area contributed by atoms with Gasteiger partial charge in [0.1, 0.15) is 5.82 Å². The average Bonchev–Trinajstić information content (AvgIpc) is 3.14. The third-order valence-corrected chi connectivity index (χ3v) is 6.88. The third-order valence-electron chi connectivity index (χ3n) is 6.88. The van der Waals surface area contributed by atoms with E-state index in [1.807, 2.05) is 12.1 Å². The zero-order chi connectivity index (χ0) is 22.9. The van der Waals surface area contributed by atoms with Crippen LogP contribution in [0.25, 0.3) is 10.9 Å². The Morgan fingerprint density at radius 3 is 2.64 bits per heavy atom. The molecule has 1 aliphatic heterocycles. The van der Waals surface area contributed by atoms with Crippen molar-refractivity contribution in [2.24, 2.45) is 5.92 Å². The van der Waals surface area contributed by atoms with Gasteiger partial charge in [-0.3, -0.25) is 4.79 Å². The van der Waals surface area contributed by atoms with Crippen molar-refractivity contribution in [1.82, 2.24) is 14.8 Å². The zero-order valence-electron chi connectivity index (χ0n) is 18.8. The van der Waals surface area contributed by atoms with Crippen molar-refractivity contribution in [3.8, 4) is 0 Å². The highest BCUT2D eigenvalue weighted by Gasteiger charge is 2.34. The van der Waals surface area contributed by atoms with Gasteiger partial charge in [-0.25, -0.2) is 9.18 Å². The number of piperazine rings is 1. The lowest BCUT2D eigenvalue weighted by atomic mass is 9.84. The molecule has 0 bridgehead atoms. The number of ketones is 1. The Morgan fingerprint density at radius 1 is 1.15 bits per heavy atom. The van der Waals surface area contributed by atoms with Crippen LogP contribution in [0, 0.1) is 11.7 Å². The molecule has 1 fully saturated rings. The maximum Gasteiger partial charge on any atom is 0.337 e. The predicted octanol–water partition coefficient (Wildman–Crippen LogP) is 3.27. The lowest BCUT2D eigenvalue weighted by molar-refractivity contribution is 0.0600. The van der Waals surface area contributed by atoms with Gasteiger partial charge in [0.2, 0.25) is 0 Å². The SMILES string of the molecule is COC(=O)c1ccc(Cn2c3c(c4cc(F)ccc42)C(=O)C(CN2CCNCC2)CC3)cc1. The topological polar surface area (TPSA) is 63.6 Å². The van der Waals surface area contributed by atoms with Gasteiger partial charge >= 0.3 is 5.97 Å². The van der Waals surface area contributed by atoms with Crippen LogP contribution in [0.5, 0.6) is 0 Å². The fraction of sp³-hybridized carbons (Fsp3) is 0.385. The van der Waals surface area contributed by atoms with Gasteiger partial charge in [-0.2, -0.15) is 0 Å². The monoisotopic (exact) mass is 449 g/mol. The molecule has 2 aromatic carbocycles. The van der Waals surface area contributed by atoms with Crippen LogP contribution in [0.2, 0.25) is 0 Å². The summed E-state index contributed by atoms with van der Waals surface area (Å²) < 4.78 is 21.1. The Kier molecular flexibility index (Phi) is 6.00. The van der Waals surface area contributed by atoms with Crippen LogP contribution in [0.3, 0.4) is 0 Å². The van der Waals surface area contributed by atoms with E-state index in [0.717, 1.165) is 62.3 Å². The number of Topliss-reactive ketones (excluding diaryl/α,β-unsaturated/α-hetero) is 1. The zero-order valence-corrected chi connectivity index (χ0v) is 18.8. The molecule has 1 aliphatic carbocycles. The predicted molar refractivity (Wildman–Crippen MR) is 124 cm³/mol. The van der Waals surface area contributed by atoms with Gasteiger partial charge in [0.15, 0.2) is 5.78 Å². The molecule has 5 rings (SSSR count). The molecule has 2 aliphatic rings. The van der Waals surface area contributed by atoms with Crippen LogP contribution >= 0.6 is 0 Å². The van der Waals surface area contributed by atoms with E-state index >= 15 is 0 Å². The molecule has 1 N–H and O–H groups in total. The summed E-state index contributed by atoms with van der Waals surface area (Å²) in [5, 5.41) is 4.05. The maximum absolute atomic E-state index is 14.2. The molecule has 0 spiro atoms. The molecule has 1 atom stereocenters. The van der Waals surface area contributed by atoms with E-state index in [9.17, 15) is 14.0 Å². The van der Waals surface area contributed by atoms with Gasteiger partial charge in [0.05, 0.1) is 12.7 Å². The van der Waals surface area contributed by atoms with Crippen molar-refractivity contribution < 1.29 is 18.7 Å². The molecular weight excluding hydrogens is 421 g/mol. The highest BCUT2D eigenvalue weighted by molar-refractivity contribution is 6.11. The highest BCUT2D eigenvalue weighted by atomic mass is 19.1. The summed E-state index contributed by atoms with van der Waals surface area (Å²) in [5.74, 6) is -0.633. The number of halogens is 1. The van der Waals surface area contributed by atoms with E-state index in [-0.39, 0.29) is 23.5 Å².